The summed E-state index contributed by atoms with van der Waals surface area (Å²) in [6, 6.07) is 21.8. The molecule has 0 amide bonds. The third kappa shape index (κ3) is 5.06. The molecule has 5 aromatic rings. The monoisotopic (exact) mass is 610 g/mol. The molecule has 10 nitrogen and oxygen atoms in total. The fourth-order valence-electron chi connectivity index (χ4n) is 6.93. The predicted octanol–water partition coefficient (Wildman–Crippen LogP) is 5.98. The van der Waals surface area contributed by atoms with Crippen LogP contribution in [0.2, 0.25) is 0 Å². The van der Waals surface area contributed by atoms with Gasteiger partial charge < -0.3 is 51.1 Å². The average molecular weight is 611 g/mol. The van der Waals surface area contributed by atoms with Crippen molar-refractivity contribution >= 4 is 0 Å². The Morgan fingerprint density at radius 2 is 0.378 bits per heavy atom. The molecule has 5 aromatic carbocycles. The lowest BCUT2D eigenvalue weighted by Gasteiger charge is -2.29. The van der Waals surface area contributed by atoms with Crippen LogP contribution in [0.5, 0.6) is 57.5 Å². The molecule has 0 atom stereocenters. The molecule has 10 N–H and O–H groups in total. The minimum Gasteiger partial charge on any atom is -0.504 e. The van der Waals surface area contributed by atoms with E-state index in [2.05, 4.69) is 0 Å². The molecule has 0 bridgehead atoms. The van der Waals surface area contributed by atoms with E-state index in [9.17, 15) is 51.1 Å². The van der Waals surface area contributed by atoms with Gasteiger partial charge in [0, 0.05) is 0 Å². The minimum atomic E-state index is -0.633. The van der Waals surface area contributed by atoms with Crippen LogP contribution < -0.4 is 0 Å². The van der Waals surface area contributed by atoms with E-state index >= 15 is 0 Å². The predicted molar refractivity (Wildman–Crippen MR) is 163 cm³/mol. The van der Waals surface area contributed by atoms with E-state index < -0.39 is 58.3 Å². The van der Waals surface area contributed by atoms with E-state index in [1.165, 1.54) is 60.7 Å². The van der Waals surface area contributed by atoms with Crippen molar-refractivity contribution in [2.24, 2.45) is 0 Å². The SMILES string of the molecule is Oc1ccc(C2C(c3ccc(O)c(O)c3)C(c3ccc(O)c(O)c3)C(c3ccc(O)c(O)c3)C2c2ccc(O)c(O)c2)cc1O. The number of rotatable bonds is 5. The minimum absolute atomic E-state index is 0.352. The number of benzene rings is 5. The van der Waals surface area contributed by atoms with Crippen LogP contribution in [-0.4, -0.2) is 51.1 Å². The Bertz CT molecular complexity index is 1590. The zero-order chi connectivity index (χ0) is 32.2. The zero-order valence-electron chi connectivity index (χ0n) is 23.5. The molecule has 1 saturated carbocycles. The van der Waals surface area contributed by atoms with Crippen molar-refractivity contribution in [1.82, 2.24) is 0 Å². The number of hydrogen-bond donors (Lipinski definition) is 10. The van der Waals surface area contributed by atoms with Crippen molar-refractivity contribution in [3.05, 3.63) is 119 Å². The molecule has 0 aliphatic heterocycles. The molecular formula is C35H30O10. The van der Waals surface area contributed by atoms with Gasteiger partial charge in [-0.3, -0.25) is 0 Å². The molecule has 1 aliphatic rings. The molecule has 0 spiro atoms. The number of hydrogen-bond acceptors (Lipinski definition) is 10. The van der Waals surface area contributed by atoms with Gasteiger partial charge in [0.15, 0.2) is 57.5 Å². The lowest BCUT2D eigenvalue weighted by atomic mass is 9.75. The molecule has 1 fully saturated rings. The van der Waals surface area contributed by atoms with E-state index in [0.717, 1.165) is 0 Å². The molecular weight excluding hydrogens is 580 g/mol. The third-order valence-corrected chi connectivity index (χ3v) is 8.86. The quantitative estimate of drug-likeness (QED) is 0.106. The van der Waals surface area contributed by atoms with Crippen LogP contribution in [0.15, 0.2) is 91.0 Å². The van der Waals surface area contributed by atoms with Crippen LogP contribution in [0, 0.1) is 0 Å². The molecule has 10 heteroatoms. The van der Waals surface area contributed by atoms with Gasteiger partial charge >= 0.3 is 0 Å². The highest BCUT2D eigenvalue weighted by molar-refractivity contribution is 5.56. The van der Waals surface area contributed by atoms with Gasteiger partial charge in [-0.25, -0.2) is 0 Å². The topological polar surface area (TPSA) is 202 Å². The fraction of sp³-hybridized carbons (Fsp3) is 0.143. The molecule has 1 aliphatic carbocycles. The number of aromatic hydroxyl groups is 10. The van der Waals surface area contributed by atoms with Crippen molar-refractivity contribution in [3.63, 3.8) is 0 Å². The van der Waals surface area contributed by atoms with Crippen LogP contribution in [0.25, 0.3) is 0 Å². The van der Waals surface area contributed by atoms with Gasteiger partial charge in [0.1, 0.15) is 0 Å². The molecule has 0 heterocycles. The van der Waals surface area contributed by atoms with Gasteiger partial charge in [-0.2, -0.15) is 0 Å². The van der Waals surface area contributed by atoms with Gasteiger partial charge in [-0.15, -0.1) is 0 Å². The van der Waals surface area contributed by atoms with E-state index in [-0.39, 0.29) is 28.7 Å². The van der Waals surface area contributed by atoms with Gasteiger partial charge in [0.25, 0.3) is 0 Å². The number of phenols is 10. The summed E-state index contributed by atoms with van der Waals surface area (Å²) in [5, 5.41) is 104. The Morgan fingerprint density at radius 3 is 0.511 bits per heavy atom. The summed E-state index contributed by atoms with van der Waals surface area (Å²) in [5.74, 6) is -6.89. The van der Waals surface area contributed by atoms with Crippen molar-refractivity contribution in [3.8, 4) is 57.5 Å². The van der Waals surface area contributed by atoms with Crippen LogP contribution in [0.4, 0.5) is 0 Å². The van der Waals surface area contributed by atoms with Gasteiger partial charge in [0.2, 0.25) is 0 Å². The maximum atomic E-state index is 10.6. The van der Waals surface area contributed by atoms with Crippen LogP contribution >= 0.6 is 0 Å². The lowest BCUT2D eigenvalue weighted by Crippen LogP contribution is -2.14. The van der Waals surface area contributed by atoms with Crippen molar-refractivity contribution < 1.29 is 51.1 Å². The molecule has 230 valence electrons. The Morgan fingerprint density at radius 1 is 0.222 bits per heavy atom. The van der Waals surface area contributed by atoms with Crippen molar-refractivity contribution in [2.45, 2.75) is 29.6 Å². The summed E-state index contributed by atoms with van der Waals surface area (Å²) in [7, 11) is 0. The second kappa shape index (κ2) is 11.0. The van der Waals surface area contributed by atoms with E-state index in [0.29, 0.717) is 27.8 Å². The first-order valence-corrected chi connectivity index (χ1v) is 14.0. The van der Waals surface area contributed by atoms with Gasteiger partial charge in [-0.05, 0) is 118 Å². The maximum absolute atomic E-state index is 10.6. The highest BCUT2D eigenvalue weighted by Gasteiger charge is 2.53. The van der Waals surface area contributed by atoms with Crippen molar-refractivity contribution in [2.75, 3.05) is 0 Å². The Hall–Kier alpha value is -5.90. The Kier molecular flexibility index (Phi) is 7.12. The summed E-state index contributed by atoms with van der Waals surface area (Å²) < 4.78 is 0. The second-order valence-electron chi connectivity index (χ2n) is 11.4. The number of phenolic OH excluding ortho intramolecular Hbond substituents is 10. The Labute approximate surface area is 256 Å². The molecule has 6 rings (SSSR count). The molecule has 45 heavy (non-hydrogen) atoms. The molecule has 0 unspecified atom stereocenters. The average Bonchev–Trinajstić information content (AvgIpc) is 3.36. The lowest BCUT2D eigenvalue weighted by molar-refractivity contribution is 0.399. The van der Waals surface area contributed by atoms with Crippen LogP contribution in [-0.2, 0) is 0 Å². The fourth-order valence-corrected chi connectivity index (χ4v) is 6.93. The first-order chi connectivity index (χ1) is 21.4. The van der Waals surface area contributed by atoms with E-state index in [1.807, 2.05) is 0 Å². The summed E-state index contributed by atoms with van der Waals surface area (Å²) in [5.41, 5.74) is 2.70. The third-order valence-electron chi connectivity index (χ3n) is 8.86. The second-order valence-corrected chi connectivity index (χ2v) is 11.4. The normalized spacial score (nSPS) is 21.1. The summed E-state index contributed by atoms with van der Waals surface area (Å²) in [4.78, 5) is 0. The Balaban J connectivity index is 1.74. The highest BCUT2D eigenvalue weighted by Crippen LogP contribution is 2.68. The van der Waals surface area contributed by atoms with Gasteiger partial charge in [-0.1, -0.05) is 30.3 Å². The van der Waals surface area contributed by atoms with Crippen LogP contribution in [0.3, 0.4) is 0 Å². The summed E-state index contributed by atoms with van der Waals surface area (Å²) in [6.07, 6.45) is 0. The maximum Gasteiger partial charge on any atom is 0.157 e. The summed E-state index contributed by atoms with van der Waals surface area (Å²) >= 11 is 0. The first kappa shape index (κ1) is 29.2. The molecule has 0 radical (unpaired) electrons. The smallest absolute Gasteiger partial charge is 0.157 e. The molecule has 0 aromatic heterocycles. The largest absolute Gasteiger partial charge is 0.504 e. The van der Waals surface area contributed by atoms with Crippen LogP contribution in [0.1, 0.15) is 57.4 Å². The van der Waals surface area contributed by atoms with E-state index in [1.54, 1.807) is 30.3 Å². The van der Waals surface area contributed by atoms with Crippen molar-refractivity contribution in [1.29, 1.82) is 0 Å². The first-order valence-electron chi connectivity index (χ1n) is 14.0. The standard InChI is InChI=1S/C35H30O10/c36-21-6-1-16(11-26(21)41)31-32(17-2-7-22(37)27(42)12-17)34(19-4-9-24(39)29(44)14-19)35(20-5-10-25(40)30(45)15-20)33(31)18-3-8-23(38)28(43)13-18/h1-15,31-45H. The highest BCUT2D eigenvalue weighted by atomic mass is 16.3. The van der Waals surface area contributed by atoms with Gasteiger partial charge in [0.05, 0.1) is 0 Å². The van der Waals surface area contributed by atoms with E-state index in [4.69, 9.17) is 0 Å². The zero-order valence-corrected chi connectivity index (χ0v) is 23.5. The molecule has 0 saturated heterocycles. The summed E-state index contributed by atoms with van der Waals surface area (Å²) in [6.45, 7) is 0.